The summed E-state index contributed by atoms with van der Waals surface area (Å²) in [6.45, 7) is 7.11. The Labute approximate surface area is 82.8 Å². The first kappa shape index (κ1) is 14.1. The van der Waals surface area contributed by atoms with Gasteiger partial charge >= 0.3 is 64.5 Å². The van der Waals surface area contributed by atoms with Gasteiger partial charge in [-0.05, 0) is 0 Å². The molecule has 0 fully saturated rings. The average molecular weight is 259 g/mol. The van der Waals surface area contributed by atoms with Gasteiger partial charge in [0.25, 0.3) is 0 Å². The zero-order valence-electron chi connectivity index (χ0n) is 8.50. The van der Waals surface area contributed by atoms with Crippen LogP contribution in [0.2, 0.25) is 34.5 Å². The second-order valence-electron chi connectivity index (χ2n) is 4.62. The summed E-state index contributed by atoms with van der Waals surface area (Å²) >= 11 is -1.63. The van der Waals surface area contributed by atoms with E-state index in [0.29, 0.717) is 0 Å². The molecule has 0 aliphatic heterocycles. The first-order valence-electron chi connectivity index (χ1n) is 3.50. The Balaban J connectivity index is 0. The molecule has 0 amide bonds. The molecule has 0 aromatic carbocycles. The normalized spacial score (nSPS) is 12.6. The monoisotopic (exact) mass is 260 g/mol. The Morgan fingerprint density at radius 3 is 1.30 bits per heavy atom. The van der Waals surface area contributed by atoms with Gasteiger partial charge in [0.1, 0.15) is 0 Å². The third-order valence-electron chi connectivity index (χ3n) is 0.750. The van der Waals surface area contributed by atoms with Crippen molar-refractivity contribution in [2.24, 2.45) is 0 Å². The van der Waals surface area contributed by atoms with Gasteiger partial charge in [0.2, 0.25) is 0 Å². The molecular weight excluding hydrogens is 240 g/mol. The standard InChI is InChI=1S/C3H10NSi.3CH3.Li.Sn/c1-5(2,3)4;;;;;/h4H,1-3H3;3*1H3;;/q-1;;;;;+1. The SMILES string of the molecule is C[Si](C)(C)[NH][Sn]([CH3])([CH3])[CH3].[Li]. The fourth-order valence-electron chi connectivity index (χ4n) is 1.12. The van der Waals surface area contributed by atoms with Crippen molar-refractivity contribution < 1.29 is 0 Å². The molecule has 0 rings (SSSR count). The van der Waals surface area contributed by atoms with Crippen LogP contribution < -0.4 is 3.20 Å². The number of hydrogen-bond acceptors (Lipinski definition) is 1. The minimum absolute atomic E-state index is 0. The molecule has 0 aliphatic carbocycles. The van der Waals surface area contributed by atoms with Gasteiger partial charge in [-0.3, -0.25) is 0 Å². The maximum atomic E-state index is 3.81. The van der Waals surface area contributed by atoms with E-state index < -0.39 is 26.9 Å². The van der Waals surface area contributed by atoms with Crippen LogP contribution in [0.5, 0.6) is 0 Å². The van der Waals surface area contributed by atoms with Crippen LogP contribution >= 0.6 is 0 Å². The van der Waals surface area contributed by atoms with E-state index in [9.17, 15) is 0 Å². The van der Waals surface area contributed by atoms with E-state index in [4.69, 9.17) is 0 Å². The van der Waals surface area contributed by atoms with Crippen molar-refractivity contribution in [2.75, 3.05) is 0 Å². The molecule has 0 spiro atoms. The van der Waals surface area contributed by atoms with Crippen LogP contribution in [0.4, 0.5) is 0 Å². The molecule has 0 saturated carbocycles. The summed E-state index contributed by atoms with van der Waals surface area (Å²) in [6.07, 6.45) is 0. The van der Waals surface area contributed by atoms with Gasteiger partial charge in [0, 0.05) is 18.9 Å². The molecule has 0 aliphatic rings. The molecular formula is C6H19LiNSiSn. The minimum atomic E-state index is -1.63. The van der Waals surface area contributed by atoms with Crippen LogP contribution in [0, 0.1) is 0 Å². The van der Waals surface area contributed by atoms with Crippen molar-refractivity contribution in [1.29, 1.82) is 0 Å². The summed E-state index contributed by atoms with van der Waals surface area (Å²) in [5, 5.41) is 0. The van der Waals surface area contributed by atoms with E-state index in [-0.39, 0.29) is 18.9 Å². The molecule has 0 saturated heterocycles. The topological polar surface area (TPSA) is 12.0 Å². The van der Waals surface area contributed by atoms with Gasteiger partial charge in [0.15, 0.2) is 0 Å². The molecule has 0 heterocycles. The van der Waals surface area contributed by atoms with Crippen LogP contribution in [-0.2, 0) is 0 Å². The van der Waals surface area contributed by atoms with Gasteiger partial charge in [-0.25, -0.2) is 0 Å². The molecule has 57 valence electrons. The van der Waals surface area contributed by atoms with Crippen LogP contribution in [0.1, 0.15) is 0 Å². The summed E-state index contributed by atoms with van der Waals surface area (Å²) in [6, 6.07) is 0. The van der Waals surface area contributed by atoms with Crippen molar-refractivity contribution >= 4 is 45.7 Å². The van der Waals surface area contributed by atoms with E-state index in [0.717, 1.165) is 0 Å². The van der Waals surface area contributed by atoms with Crippen LogP contribution in [0.25, 0.3) is 0 Å². The third-order valence-corrected chi connectivity index (χ3v) is 15.1. The molecule has 1 nitrogen and oxygen atoms in total. The van der Waals surface area contributed by atoms with E-state index in [1.165, 1.54) is 0 Å². The van der Waals surface area contributed by atoms with Gasteiger partial charge in [-0.1, -0.05) is 0 Å². The Bertz CT molecular complexity index is 82.9. The molecule has 1 N–H and O–H groups in total. The van der Waals surface area contributed by atoms with E-state index in [2.05, 4.69) is 37.7 Å². The second kappa shape index (κ2) is 4.56. The molecule has 0 aromatic heterocycles. The van der Waals surface area contributed by atoms with Gasteiger partial charge < -0.3 is 0 Å². The fourth-order valence-corrected chi connectivity index (χ4v) is 22.6. The summed E-state index contributed by atoms with van der Waals surface area (Å²) in [5.74, 6) is 0. The van der Waals surface area contributed by atoms with Crippen LogP contribution in [0.3, 0.4) is 0 Å². The number of hydrogen-bond donors (Lipinski definition) is 1. The zero-order valence-corrected chi connectivity index (χ0v) is 12.4. The largest absolute Gasteiger partial charge is 0 e. The van der Waals surface area contributed by atoms with Gasteiger partial charge in [0.05, 0.1) is 0 Å². The van der Waals surface area contributed by atoms with Crippen molar-refractivity contribution in [3.05, 3.63) is 0 Å². The smallest absolute Gasteiger partial charge is 0 e. The Hall–Kier alpha value is 1.57. The Morgan fingerprint density at radius 2 is 1.30 bits per heavy atom. The number of rotatable bonds is 2. The van der Waals surface area contributed by atoms with Crippen molar-refractivity contribution in [2.45, 2.75) is 34.5 Å². The summed E-state index contributed by atoms with van der Waals surface area (Å²) in [5.41, 5.74) is 0. The van der Waals surface area contributed by atoms with E-state index in [1.54, 1.807) is 0 Å². The van der Waals surface area contributed by atoms with Crippen molar-refractivity contribution in [1.82, 2.24) is 3.20 Å². The first-order chi connectivity index (χ1) is 3.71. The summed E-state index contributed by atoms with van der Waals surface area (Å²) in [4.78, 5) is 7.27. The quantitative estimate of drug-likeness (QED) is 0.746. The van der Waals surface area contributed by atoms with Crippen molar-refractivity contribution in [3.8, 4) is 0 Å². The molecule has 10 heavy (non-hydrogen) atoms. The van der Waals surface area contributed by atoms with Crippen LogP contribution in [-0.4, -0.2) is 45.7 Å². The maximum Gasteiger partial charge on any atom is 0 e. The maximum absolute atomic E-state index is 3.81. The van der Waals surface area contributed by atoms with E-state index in [1.807, 2.05) is 0 Å². The molecule has 0 unspecified atom stereocenters. The average Bonchev–Trinajstić information content (AvgIpc) is 1.14. The Kier molecular flexibility index (Phi) is 6.44. The molecule has 1 radical (unpaired) electrons. The van der Waals surface area contributed by atoms with Gasteiger partial charge in [-0.15, -0.1) is 0 Å². The third kappa shape index (κ3) is 12.3. The number of nitrogens with one attached hydrogen (secondary N) is 1. The molecule has 4 heteroatoms. The summed E-state index contributed by atoms with van der Waals surface area (Å²) < 4.78 is 3.81. The fraction of sp³-hybridized carbons (Fsp3) is 1.00. The van der Waals surface area contributed by atoms with Crippen LogP contribution in [0.15, 0.2) is 0 Å². The zero-order chi connectivity index (χ0) is 7.71. The Morgan fingerprint density at radius 1 is 1.00 bits per heavy atom. The van der Waals surface area contributed by atoms with E-state index >= 15 is 0 Å². The second-order valence-corrected chi connectivity index (χ2v) is 24.4. The predicted octanol–water partition coefficient (Wildman–Crippen LogP) is 1.86. The van der Waals surface area contributed by atoms with Gasteiger partial charge in [-0.2, -0.15) is 0 Å². The molecule has 0 aromatic rings. The first-order valence-corrected chi connectivity index (χ1v) is 17.0. The molecule has 0 atom stereocenters. The minimum Gasteiger partial charge on any atom is 0 e. The molecule has 0 bridgehead atoms. The summed E-state index contributed by atoms with van der Waals surface area (Å²) in [7, 11) is -0.949. The predicted molar refractivity (Wildman–Crippen MR) is 55.6 cm³/mol. The van der Waals surface area contributed by atoms with Crippen molar-refractivity contribution in [3.63, 3.8) is 0 Å².